The number of benzene rings is 1. The zero-order valence-corrected chi connectivity index (χ0v) is 10.5. The third-order valence-corrected chi connectivity index (χ3v) is 2.81. The molecule has 0 aliphatic heterocycles. The summed E-state index contributed by atoms with van der Waals surface area (Å²) >= 11 is 3.31. The normalized spacial score (nSPS) is 12.2. The maximum Gasteiger partial charge on any atom is 0.311 e. The van der Waals surface area contributed by atoms with Gasteiger partial charge in [0.25, 0.3) is 0 Å². The highest BCUT2D eigenvalue weighted by atomic mass is 79.9. The molecule has 0 aliphatic rings. The van der Waals surface area contributed by atoms with E-state index in [4.69, 9.17) is 15.6 Å². The maximum atomic E-state index is 11.1. The van der Waals surface area contributed by atoms with Crippen LogP contribution in [0.15, 0.2) is 22.7 Å². The molecule has 0 bridgehead atoms. The molecule has 0 saturated carbocycles. The highest BCUT2D eigenvalue weighted by Gasteiger charge is 2.22. The van der Waals surface area contributed by atoms with Crippen molar-refractivity contribution in [3.63, 3.8) is 0 Å². The Bertz CT molecular complexity index is 381. The summed E-state index contributed by atoms with van der Waals surface area (Å²) in [4.78, 5) is 11.1. The van der Waals surface area contributed by atoms with Gasteiger partial charge in [-0.1, -0.05) is 15.9 Å². The van der Waals surface area contributed by atoms with E-state index in [9.17, 15) is 4.79 Å². The second kappa shape index (κ2) is 5.86. The monoisotopic (exact) mass is 287 g/mol. The van der Waals surface area contributed by atoms with Crippen molar-refractivity contribution in [1.29, 1.82) is 0 Å². The number of rotatable bonds is 5. The standard InChI is InChI=1S/C11H14BrNO3/c1-16-10-3-2-7(12)6-9(10)8(4-5-13)11(14)15/h2-3,6,8H,4-5,13H2,1H3,(H,14,15). The van der Waals surface area contributed by atoms with Crippen molar-refractivity contribution in [3.8, 4) is 5.75 Å². The lowest BCUT2D eigenvalue weighted by molar-refractivity contribution is -0.138. The van der Waals surface area contributed by atoms with Crippen LogP contribution in [0.4, 0.5) is 0 Å². The molecule has 0 aliphatic carbocycles. The van der Waals surface area contributed by atoms with Crippen LogP contribution < -0.4 is 10.5 Å². The van der Waals surface area contributed by atoms with E-state index in [0.29, 0.717) is 24.3 Å². The van der Waals surface area contributed by atoms with Crippen molar-refractivity contribution >= 4 is 21.9 Å². The summed E-state index contributed by atoms with van der Waals surface area (Å²) in [6, 6.07) is 5.31. The van der Waals surface area contributed by atoms with E-state index in [-0.39, 0.29) is 0 Å². The summed E-state index contributed by atoms with van der Waals surface area (Å²) in [5.74, 6) is -0.941. The van der Waals surface area contributed by atoms with Crippen LogP contribution in [-0.2, 0) is 4.79 Å². The molecule has 0 amide bonds. The zero-order valence-electron chi connectivity index (χ0n) is 8.94. The van der Waals surface area contributed by atoms with Crippen molar-refractivity contribution < 1.29 is 14.6 Å². The Balaban J connectivity index is 3.15. The van der Waals surface area contributed by atoms with E-state index in [2.05, 4.69) is 15.9 Å². The Morgan fingerprint density at radius 3 is 2.81 bits per heavy atom. The second-order valence-electron chi connectivity index (χ2n) is 3.35. The first kappa shape index (κ1) is 13.0. The van der Waals surface area contributed by atoms with E-state index in [0.717, 1.165) is 4.47 Å². The van der Waals surface area contributed by atoms with Gasteiger partial charge in [0, 0.05) is 10.0 Å². The molecule has 1 aromatic rings. The minimum absolute atomic E-state index is 0.326. The number of ether oxygens (including phenoxy) is 1. The number of nitrogens with two attached hydrogens (primary N) is 1. The third kappa shape index (κ3) is 2.96. The van der Waals surface area contributed by atoms with E-state index in [1.54, 1.807) is 12.1 Å². The highest BCUT2D eigenvalue weighted by molar-refractivity contribution is 9.10. The summed E-state index contributed by atoms with van der Waals surface area (Å²) in [7, 11) is 1.52. The number of methoxy groups -OCH3 is 1. The third-order valence-electron chi connectivity index (χ3n) is 2.32. The van der Waals surface area contributed by atoms with Crippen LogP contribution in [0.3, 0.4) is 0 Å². The number of carbonyl (C=O) groups is 1. The van der Waals surface area contributed by atoms with Crippen LogP contribution in [0.1, 0.15) is 17.9 Å². The fourth-order valence-corrected chi connectivity index (χ4v) is 1.93. The molecule has 0 spiro atoms. The number of hydrogen-bond acceptors (Lipinski definition) is 3. The maximum absolute atomic E-state index is 11.1. The van der Waals surface area contributed by atoms with Gasteiger partial charge >= 0.3 is 5.97 Å². The number of aliphatic carboxylic acids is 1. The Morgan fingerprint density at radius 2 is 2.31 bits per heavy atom. The topological polar surface area (TPSA) is 72.5 Å². The molecule has 1 unspecified atom stereocenters. The van der Waals surface area contributed by atoms with Crippen molar-refractivity contribution in [1.82, 2.24) is 0 Å². The van der Waals surface area contributed by atoms with Crippen molar-refractivity contribution in [3.05, 3.63) is 28.2 Å². The minimum Gasteiger partial charge on any atom is -0.496 e. The lowest BCUT2D eigenvalue weighted by Gasteiger charge is -2.15. The summed E-state index contributed by atoms with van der Waals surface area (Å²) < 4.78 is 5.98. The van der Waals surface area contributed by atoms with Gasteiger partial charge < -0.3 is 15.6 Å². The Morgan fingerprint density at radius 1 is 1.62 bits per heavy atom. The first-order chi connectivity index (χ1) is 7.60. The predicted molar refractivity (Wildman–Crippen MR) is 64.7 cm³/mol. The fraction of sp³-hybridized carbons (Fsp3) is 0.364. The molecule has 88 valence electrons. The molecule has 0 saturated heterocycles. The minimum atomic E-state index is -0.887. The van der Waals surface area contributed by atoms with Gasteiger partial charge in [0.1, 0.15) is 5.75 Å². The van der Waals surface area contributed by atoms with Crippen molar-refractivity contribution in [2.45, 2.75) is 12.3 Å². The molecule has 1 atom stereocenters. The SMILES string of the molecule is COc1ccc(Br)cc1C(CCN)C(=O)O. The molecule has 16 heavy (non-hydrogen) atoms. The lowest BCUT2D eigenvalue weighted by atomic mass is 9.95. The fourth-order valence-electron chi connectivity index (χ4n) is 1.56. The Hall–Kier alpha value is -1.07. The molecular weight excluding hydrogens is 274 g/mol. The molecule has 4 nitrogen and oxygen atoms in total. The molecule has 0 radical (unpaired) electrons. The number of halogens is 1. The largest absolute Gasteiger partial charge is 0.496 e. The molecule has 0 heterocycles. The van der Waals surface area contributed by atoms with Gasteiger partial charge in [-0.05, 0) is 31.2 Å². The summed E-state index contributed by atoms with van der Waals surface area (Å²) in [5, 5.41) is 9.14. The van der Waals surface area contributed by atoms with Gasteiger partial charge in [-0.2, -0.15) is 0 Å². The average molecular weight is 288 g/mol. The molecule has 1 aromatic carbocycles. The average Bonchev–Trinajstić information content (AvgIpc) is 2.25. The Labute approximate surface area is 103 Å². The molecule has 5 heteroatoms. The van der Waals surface area contributed by atoms with Gasteiger partial charge in [-0.25, -0.2) is 0 Å². The number of hydrogen-bond donors (Lipinski definition) is 2. The van der Waals surface area contributed by atoms with Gasteiger partial charge in [-0.15, -0.1) is 0 Å². The van der Waals surface area contributed by atoms with Gasteiger partial charge in [0.15, 0.2) is 0 Å². The molecular formula is C11H14BrNO3. The van der Waals surface area contributed by atoms with Crippen molar-refractivity contribution in [2.24, 2.45) is 5.73 Å². The van der Waals surface area contributed by atoms with E-state index in [1.165, 1.54) is 7.11 Å². The first-order valence-electron chi connectivity index (χ1n) is 4.86. The zero-order chi connectivity index (χ0) is 12.1. The van der Waals surface area contributed by atoms with E-state index in [1.807, 2.05) is 6.07 Å². The van der Waals surface area contributed by atoms with Gasteiger partial charge in [-0.3, -0.25) is 4.79 Å². The van der Waals surface area contributed by atoms with Crippen LogP contribution in [0.2, 0.25) is 0 Å². The van der Waals surface area contributed by atoms with Crippen LogP contribution in [0.5, 0.6) is 5.75 Å². The van der Waals surface area contributed by atoms with Crippen LogP contribution in [-0.4, -0.2) is 24.7 Å². The molecule has 0 fully saturated rings. The van der Waals surface area contributed by atoms with Crippen molar-refractivity contribution in [2.75, 3.05) is 13.7 Å². The summed E-state index contributed by atoms with van der Waals surface area (Å²) in [5.41, 5.74) is 6.07. The smallest absolute Gasteiger partial charge is 0.311 e. The molecule has 0 aromatic heterocycles. The van der Waals surface area contributed by atoms with E-state index < -0.39 is 11.9 Å². The molecule has 1 rings (SSSR count). The van der Waals surface area contributed by atoms with Crippen LogP contribution in [0, 0.1) is 0 Å². The van der Waals surface area contributed by atoms with E-state index >= 15 is 0 Å². The summed E-state index contributed by atoms with van der Waals surface area (Å²) in [6.07, 6.45) is 0.391. The predicted octanol–water partition coefficient (Wildman–Crippen LogP) is 1.97. The van der Waals surface area contributed by atoms with Gasteiger partial charge in [0.2, 0.25) is 0 Å². The highest BCUT2D eigenvalue weighted by Crippen LogP contribution is 2.31. The molecule has 3 N–H and O–H groups in total. The lowest BCUT2D eigenvalue weighted by Crippen LogP contribution is -2.16. The Kier molecular flexibility index (Phi) is 4.76. The van der Waals surface area contributed by atoms with Crippen LogP contribution >= 0.6 is 15.9 Å². The first-order valence-corrected chi connectivity index (χ1v) is 5.65. The van der Waals surface area contributed by atoms with Gasteiger partial charge in [0.05, 0.1) is 13.0 Å². The van der Waals surface area contributed by atoms with Crippen LogP contribution in [0.25, 0.3) is 0 Å². The second-order valence-corrected chi connectivity index (χ2v) is 4.27. The summed E-state index contributed by atoms with van der Waals surface area (Å²) in [6.45, 7) is 0.326. The number of carboxylic acid groups (broad SMARTS) is 1. The quantitative estimate of drug-likeness (QED) is 0.869. The number of carboxylic acids is 1.